The first-order valence-electron chi connectivity index (χ1n) is 19.7. The highest BCUT2D eigenvalue weighted by Crippen LogP contribution is 2.46. The van der Waals surface area contributed by atoms with E-state index in [9.17, 15) is 36.8 Å². The fraction of sp³-hybridized carbons (Fsp3) is 0.537. The summed E-state index contributed by atoms with van der Waals surface area (Å²) in [6.07, 6.45) is 3.69. The van der Waals surface area contributed by atoms with Gasteiger partial charge in [0.2, 0.25) is 11.8 Å². The summed E-state index contributed by atoms with van der Waals surface area (Å²) in [6, 6.07) is 7.77. The van der Waals surface area contributed by atoms with Gasteiger partial charge in [0.05, 0.1) is 24.1 Å². The molecule has 6 rings (SSSR count). The number of ether oxygens (including phenoxy) is 3. The number of alkyl carbamates (subject to hydrolysis) is 1. The molecule has 58 heavy (non-hydrogen) atoms. The molecule has 2 aromatic carbocycles. The Kier molecular flexibility index (Phi) is 12.4. The lowest BCUT2D eigenvalue weighted by atomic mass is 10.0. The van der Waals surface area contributed by atoms with Gasteiger partial charge >= 0.3 is 12.2 Å². The number of nitrogens with zero attached hydrogens (tertiary/aromatic N) is 2. The van der Waals surface area contributed by atoms with Crippen LogP contribution in [0.15, 0.2) is 59.5 Å². The van der Waals surface area contributed by atoms with Gasteiger partial charge in [0.15, 0.2) is 0 Å². The van der Waals surface area contributed by atoms with Crippen LogP contribution in [0, 0.1) is 11.7 Å². The fourth-order valence-corrected chi connectivity index (χ4v) is 8.62. The van der Waals surface area contributed by atoms with Crippen molar-refractivity contribution in [2.24, 2.45) is 5.92 Å². The van der Waals surface area contributed by atoms with Gasteiger partial charge < -0.3 is 29.7 Å². The van der Waals surface area contributed by atoms with E-state index < -0.39 is 81.0 Å². The molecule has 0 aromatic heterocycles. The van der Waals surface area contributed by atoms with E-state index in [1.165, 1.54) is 40.1 Å². The maximum absolute atomic E-state index is 14.5. The van der Waals surface area contributed by atoms with Gasteiger partial charge in [-0.1, -0.05) is 37.1 Å². The minimum Gasteiger partial charge on any atom is -0.491 e. The first-order valence-corrected chi connectivity index (χ1v) is 21.2. The molecule has 2 fully saturated rings. The molecule has 0 spiro atoms. The zero-order chi connectivity index (χ0) is 42.0. The number of amides is 5. The highest BCUT2D eigenvalue weighted by Gasteiger charge is 2.62. The maximum atomic E-state index is 14.5. The molecule has 3 heterocycles. The van der Waals surface area contributed by atoms with Crippen molar-refractivity contribution in [2.75, 3.05) is 6.54 Å². The molecule has 1 saturated carbocycles. The predicted molar refractivity (Wildman–Crippen MR) is 208 cm³/mol. The number of nitrogens with one attached hydrogen (secondary N) is 3. The quantitative estimate of drug-likeness (QED) is 0.326. The van der Waals surface area contributed by atoms with Crippen LogP contribution in [-0.4, -0.2) is 90.1 Å². The molecule has 1 saturated heterocycles. The van der Waals surface area contributed by atoms with Gasteiger partial charge in [0, 0.05) is 24.4 Å². The van der Waals surface area contributed by atoms with Crippen LogP contribution in [0.4, 0.5) is 14.0 Å². The molecule has 1 aliphatic carbocycles. The van der Waals surface area contributed by atoms with E-state index >= 15 is 0 Å². The minimum atomic E-state index is -4.39. The monoisotopic (exact) mass is 825 g/mol. The predicted octanol–water partition coefficient (Wildman–Crippen LogP) is 4.83. The molecule has 5 atom stereocenters. The number of carbonyl (C=O) groups excluding carboxylic acids is 5. The zero-order valence-corrected chi connectivity index (χ0v) is 34.2. The topological polar surface area (TPSA) is 190 Å². The molecule has 17 heteroatoms. The van der Waals surface area contributed by atoms with E-state index in [2.05, 4.69) is 15.4 Å². The van der Waals surface area contributed by atoms with Crippen molar-refractivity contribution < 1.29 is 51.0 Å². The molecular formula is C41H52FN5O10S. The molecule has 3 aliphatic heterocycles. The van der Waals surface area contributed by atoms with Gasteiger partial charge in [-0.3, -0.25) is 19.3 Å². The summed E-state index contributed by atoms with van der Waals surface area (Å²) in [7, 11) is -4.39. The number of halogens is 1. The van der Waals surface area contributed by atoms with Crippen LogP contribution in [-0.2, 0) is 47.0 Å². The SMILES string of the molecule is CC(C)Oc1ccc(S(=O)(=O)NC(=O)[C@@]23C[C@@H]2/C=C\CCCCC[C@H](NC(=O)OC(C)(C)C)C(=O)N2C[C@H](OC(=O)N4Cc5cccc(F)c5C4)C[C@H]2C(=O)N3)cc1. The van der Waals surface area contributed by atoms with Crippen LogP contribution in [0.5, 0.6) is 5.75 Å². The van der Waals surface area contributed by atoms with E-state index in [1.54, 1.807) is 39.0 Å². The Morgan fingerprint density at radius 3 is 2.45 bits per heavy atom. The summed E-state index contributed by atoms with van der Waals surface area (Å²) in [4.78, 5) is 71.6. The third-order valence-electron chi connectivity index (χ3n) is 10.5. The molecule has 15 nitrogen and oxygen atoms in total. The summed E-state index contributed by atoms with van der Waals surface area (Å²) in [5.41, 5.74) is -1.52. The lowest BCUT2D eigenvalue weighted by Crippen LogP contribution is -2.58. The molecular weight excluding hydrogens is 774 g/mol. The molecule has 2 aromatic rings. The normalized spacial score (nSPS) is 25.6. The Morgan fingerprint density at radius 1 is 1.02 bits per heavy atom. The van der Waals surface area contributed by atoms with E-state index in [1.807, 2.05) is 19.9 Å². The number of benzene rings is 2. The van der Waals surface area contributed by atoms with Crippen LogP contribution in [0.2, 0.25) is 0 Å². The number of carbonyl (C=O) groups is 5. The summed E-state index contributed by atoms with van der Waals surface area (Å²) in [6.45, 7) is 8.58. The van der Waals surface area contributed by atoms with E-state index in [-0.39, 0.29) is 49.9 Å². The Morgan fingerprint density at radius 2 is 1.76 bits per heavy atom. The smallest absolute Gasteiger partial charge is 0.410 e. The van der Waals surface area contributed by atoms with Gasteiger partial charge in [-0.15, -0.1) is 0 Å². The van der Waals surface area contributed by atoms with Crippen molar-refractivity contribution in [3.8, 4) is 5.75 Å². The standard InChI is InChI=1S/C41H52FN5O10S/c1-25(2)55-28-16-18-30(19-17-28)58(53,54)45-37(50)41-21-27(41)13-9-7-6-8-10-15-33(43-38(51)57-40(3,4)5)36(49)47-23-29(20-34(47)35(48)44-41)56-39(52)46-22-26-12-11-14-32(42)31(26)24-46/h9,11-14,16-19,25,27,29,33-34H,6-8,10,15,20-24H2,1-5H3,(H,43,51)(H,44,48)(H,45,50)/b13-9-/t27-,29+,33-,34-,41+/m0/s1. The molecule has 4 aliphatic rings. The van der Waals surface area contributed by atoms with Gasteiger partial charge in [0.1, 0.15) is 40.9 Å². The van der Waals surface area contributed by atoms with Crippen LogP contribution >= 0.6 is 0 Å². The summed E-state index contributed by atoms with van der Waals surface area (Å²) < 4.78 is 60.5. The number of rotatable bonds is 7. The highest BCUT2D eigenvalue weighted by atomic mass is 32.2. The van der Waals surface area contributed by atoms with Crippen LogP contribution < -0.4 is 20.1 Å². The number of allylic oxidation sites excluding steroid dienone is 1. The van der Waals surface area contributed by atoms with Crippen molar-refractivity contribution in [3.05, 3.63) is 71.6 Å². The summed E-state index contributed by atoms with van der Waals surface area (Å²) in [5.74, 6) is -2.90. The number of hydrogen-bond acceptors (Lipinski definition) is 10. The molecule has 0 unspecified atom stereocenters. The fourth-order valence-electron chi connectivity index (χ4n) is 7.58. The molecule has 0 radical (unpaired) electrons. The van der Waals surface area contributed by atoms with Crippen molar-refractivity contribution >= 4 is 39.9 Å². The third kappa shape index (κ3) is 9.91. The average Bonchev–Trinajstić information content (AvgIpc) is 3.43. The largest absolute Gasteiger partial charge is 0.491 e. The van der Waals surface area contributed by atoms with Gasteiger partial charge in [-0.05, 0) is 96.2 Å². The molecule has 5 amide bonds. The van der Waals surface area contributed by atoms with E-state index in [0.717, 1.165) is 6.42 Å². The summed E-state index contributed by atoms with van der Waals surface area (Å²) in [5, 5.41) is 5.45. The number of sulfonamides is 1. The third-order valence-corrected chi connectivity index (χ3v) is 11.9. The highest BCUT2D eigenvalue weighted by molar-refractivity contribution is 7.90. The Bertz CT molecular complexity index is 2050. The van der Waals surface area contributed by atoms with E-state index in [0.29, 0.717) is 36.1 Å². The second-order valence-corrected chi connectivity index (χ2v) is 18.3. The number of hydrogen-bond donors (Lipinski definition) is 3. The van der Waals surface area contributed by atoms with E-state index in [4.69, 9.17) is 14.2 Å². The zero-order valence-electron chi connectivity index (χ0n) is 33.4. The maximum Gasteiger partial charge on any atom is 0.410 e. The first-order chi connectivity index (χ1) is 27.3. The second-order valence-electron chi connectivity index (χ2n) is 16.6. The summed E-state index contributed by atoms with van der Waals surface area (Å²) >= 11 is 0. The lowest BCUT2D eigenvalue weighted by molar-refractivity contribution is -0.141. The molecule has 3 N–H and O–H groups in total. The average molecular weight is 826 g/mol. The van der Waals surface area contributed by atoms with Crippen molar-refractivity contribution in [1.29, 1.82) is 0 Å². The van der Waals surface area contributed by atoms with Crippen LogP contribution in [0.25, 0.3) is 0 Å². The van der Waals surface area contributed by atoms with Gasteiger partial charge in [-0.25, -0.2) is 27.1 Å². The Hall–Kier alpha value is -5.19. The van der Waals surface area contributed by atoms with Crippen molar-refractivity contribution in [3.63, 3.8) is 0 Å². The Balaban J connectivity index is 1.25. The first kappa shape index (κ1) is 42.4. The van der Waals surface area contributed by atoms with Gasteiger partial charge in [-0.2, -0.15) is 0 Å². The second kappa shape index (κ2) is 17.0. The Labute approximate surface area is 338 Å². The number of fused-ring (bicyclic) bond motifs is 3. The lowest BCUT2D eigenvalue weighted by Gasteiger charge is -2.30. The van der Waals surface area contributed by atoms with Crippen molar-refractivity contribution in [1.82, 2.24) is 25.2 Å². The molecule has 314 valence electrons. The van der Waals surface area contributed by atoms with Crippen LogP contribution in [0.3, 0.4) is 0 Å². The van der Waals surface area contributed by atoms with Crippen molar-refractivity contribution in [2.45, 2.75) is 133 Å². The minimum absolute atomic E-state index is 0.0205. The molecule has 0 bridgehead atoms. The van der Waals surface area contributed by atoms with Gasteiger partial charge in [0.25, 0.3) is 15.9 Å². The van der Waals surface area contributed by atoms with Crippen LogP contribution in [0.1, 0.15) is 90.7 Å².